The number of carbonyl (C=O) groups is 1. The van der Waals surface area contributed by atoms with Crippen LogP contribution in [0.25, 0.3) is 0 Å². The molecule has 2 aromatic rings. The topological polar surface area (TPSA) is 54.9 Å². The second-order valence-corrected chi connectivity index (χ2v) is 9.09. The molecule has 32 heavy (non-hydrogen) atoms. The monoisotopic (exact) mass is 437 g/mol. The van der Waals surface area contributed by atoms with Crippen molar-refractivity contribution in [1.29, 1.82) is 0 Å². The molecule has 6 heteroatoms. The van der Waals surface area contributed by atoms with Crippen LogP contribution in [-0.4, -0.2) is 66.1 Å². The van der Waals surface area contributed by atoms with Gasteiger partial charge in [0.15, 0.2) is 0 Å². The Hall–Kier alpha value is -2.60. The molecule has 172 valence electrons. The highest BCUT2D eigenvalue weighted by molar-refractivity contribution is 5.97. The van der Waals surface area contributed by atoms with Crippen LogP contribution in [0.3, 0.4) is 0 Å². The molecule has 0 spiro atoms. The summed E-state index contributed by atoms with van der Waals surface area (Å²) in [5.41, 5.74) is 2.98. The number of aromatic nitrogens is 1. The lowest BCUT2D eigenvalue weighted by atomic mass is 10.0. The van der Waals surface area contributed by atoms with Gasteiger partial charge in [0.05, 0.1) is 12.7 Å². The molecule has 0 radical (unpaired) electrons. The number of amides is 1. The van der Waals surface area contributed by atoms with Crippen molar-refractivity contribution < 1.29 is 14.3 Å². The van der Waals surface area contributed by atoms with Gasteiger partial charge in [-0.05, 0) is 63.3 Å². The minimum Gasteiger partial charge on any atom is -0.497 e. The summed E-state index contributed by atoms with van der Waals surface area (Å²) in [4.78, 5) is 22.0. The molecule has 6 nitrogen and oxygen atoms in total. The molecular weight excluding hydrogens is 402 g/mol. The second-order valence-electron chi connectivity index (χ2n) is 9.09. The second kappa shape index (κ2) is 10.3. The third kappa shape index (κ3) is 5.41. The maximum Gasteiger partial charge on any atom is 0.257 e. The molecule has 3 heterocycles. The number of hydrogen-bond donors (Lipinski definition) is 0. The zero-order valence-electron chi connectivity index (χ0n) is 19.5. The predicted molar refractivity (Wildman–Crippen MR) is 125 cm³/mol. The number of hydrogen-bond acceptors (Lipinski definition) is 5. The van der Waals surface area contributed by atoms with Crippen LogP contribution < -0.4 is 9.47 Å². The van der Waals surface area contributed by atoms with E-state index in [4.69, 9.17) is 9.47 Å². The summed E-state index contributed by atoms with van der Waals surface area (Å²) < 4.78 is 11.8. The number of piperidine rings is 1. The third-order valence-corrected chi connectivity index (χ3v) is 6.68. The SMILES string of the molecule is COc1ccc(C(=O)N2CCCC2)c(OC2CCN([C@H](C)Cc3ccc(C)cn3)CC2)c1. The Balaban J connectivity index is 1.37. The minimum atomic E-state index is 0.0665. The summed E-state index contributed by atoms with van der Waals surface area (Å²) in [6.07, 6.45) is 7.04. The largest absolute Gasteiger partial charge is 0.497 e. The van der Waals surface area contributed by atoms with E-state index in [1.54, 1.807) is 7.11 Å². The van der Waals surface area contributed by atoms with E-state index in [2.05, 4.69) is 35.9 Å². The molecular formula is C26H35N3O3. The van der Waals surface area contributed by atoms with Gasteiger partial charge in [-0.25, -0.2) is 0 Å². The van der Waals surface area contributed by atoms with Crippen LogP contribution in [0.15, 0.2) is 36.5 Å². The number of benzene rings is 1. The summed E-state index contributed by atoms with van der Waals surface area (Å²) in [6, 6.07) is 10.3. The smallest absolute Gasteiger partial charge is 0.257 e. The van der Waals surface area contributed by atoms with E-state index in [-0.39, 0.29) is 12.0 Å². The zero-order chi connectivity index (χ0) is 22.5. The normalized spacial score (nSPS) is 18.5. The highest BCUT2D eigenvalue weighted by Crippen LogP contribution is 2.30. The average Bonchev–Trinajstić information content (AvgIpc) is 3.35. The fourth-order valence-corrected chi connectivity index (χ4v) is 4.66. The molecule has 1 atom stereocenters. The number of nitrogens with zero attached hydrogens (tertiary/aromatic N) is 3. The van der Waals surface area contributed by atoms with Crippen LogP contribution in [0.5, 0.6) is 11.5 Å². The first-order valence-electron chi connectivity index (χ1n) is 11.8. The zero-order valence-corrected chi connectivity index (χ0v) is 19.5. The Bertz CT molecular complexity index is 901. The van der Waals surface area contributed by atoms with Gasteiger partial charge in [-0.2, -0.15) is 0 Å². The van der Waals surface area contributed by atoms with Crippen LogP contribution >= 0.6 is 0 Å². The van der Waals surface area contributed by atoms with E-state index >= 15 is 0 Å². The lowest BCUT2D eigenvalue weighted by Crippen LogP contribution is -2.44. The molecule has 0 unspecified atom stereocenters. The Morgan fingerprint density at radius 1 is 1.12 bits per heavy atom. The summed E-state index contributed by atoms with van der Waals surface area (Å²) in [6.45, 7) is 7.97. The molecule has 0 aliphatic carbocycles. The lowest BCUT2D eigenvalue weighted by Gasteiger charge is -2.36. The number of likely N-dealkylation sites (tertiary alicyclic amines) is 2. The minimum absolute atomic E-state index is 0.0665. The van der Waals surface area contributed by atoms with E-state index < -0.39 is 0 Å². The van der Waals surface area contributed by atoms with Gasteiger partial charge in [-0.3, -0.25) is 14.7 Å². The summed E-state index contributed by atoms with van der Waals surface area (Å²) in [5, 5.41) is 0. The standard InChI is InChI=1S/C26H35N3O3/c1-19-6-7-21(27-18-19)16-20(2)28-14-10-22(11-15-28)32-25-17-23(31-3)8-9-24(25)26(30)29-12-4-5-13-29/h6-9,17-18,20,22H,4-5,10-16H2,1-3H3/t20-/m1/s1. The summed E-state index contributed by atoms with van der Waals surface area (Å²) in [5.74, 6) is 1.43. The molecule has 2 aliphatic heterocycles. The van der Waals surface area contributed by atoms with Gasteiger partial charge in [0, 0.05) is 56.6 Å². The van der Waals surface area contributed by atoms with Gasteiger partial charge in [-0.15, -0.1) is 0 Å². The van der Waals surface area contributed by atoms with E-state index in [9.17, 15) is 4.79 Å². The van der Waals surface area contributed by atoms with Gasteiger partial charge < -0.3 is 14.4 Å². The quantitative estimate of drug-likeness (QED) is 0.653. The Morgan fingerprint density at radius 2 is 1.88 bits per heavy atom. The first-order valence-corrected chi connectivity index (χ1v) is 11.8. The van der Waals surface area contributed by atoms with E-state index in [1.165, 1.54) is 5.56 Å². The highest BCUT2D eigenvalue weighted by Gasteiger charge is 2.27. The van der Waals surface area contributed by atoms with Crippen LogP contribution in [0.1, 0.15) is 54.2 Å². The number of ether oxygens (including phenoxy) is 2. The number of methoxy groups -OCH3 is 1. The highest BCUT2D eigenvalue weighted by atomic mass is 16.5. The van der Waals surface area contributed by atoms with Gasteiger partial charge in [-0.1, -0.05) is 6.07 Å². The van der Waals surface area contributed by atoms with Gasteiger partial charge >= 0.3 is 0 Å². The number of carbonyl (C=O) groups excluding carboxylic acids is 1. The van der Waals surface area contributed by atoms with E-state index in [0.29, 0.717) is 17.4 Å². The van der Waals surface area contributed by atoms with Crippen molar-refractivity contribution in [2.45, 2.75) is 58.1 Å². The molecule has 1 aromatic carbocycles. The molecule has 0 bridgehead atoms. The molecule has 1 aromatic heterocycles. The molecule has 2 fully saturated rings. The van der Waals surface area contributed by atoms with Crippen LogP contribution in [0.4, 0.5) is 0 Å². The molecule has 2 aliphatic rings. The predicted octanol–water partition coefficient (Wildman–Crippen LogP) is 4.11. The fourth-order valence-electron chi connectivity index (χ4n) is 4.66. The summed E-state index contributed by atoms with van der Waals surface area (Å²) in [7, 11) is 1.64. The Kier molecular flexibility index (Phi) is 7.30. The molecule has 0 saturated carbocycles. The van der Waals surface area contributed by atoms with Crippen molar-refractivity contribution in [3.63, 3.8) is 0 Å². The lowest BCUT2D eigenvalue weighted by molar-refractivity contribution is 0.0727. The Labute approximate surface area is 191 Å². The van der Waals surface area contributed by atoms with Crippen LogP contribution in [0.2, 0.25) is 0 Å². The van der Waals surface area contributed by atoms with Gasteiger partial charge in [0.25, 0.3) is 5.91 Å². The maximum atomic E-state index is 13.0. The van der Waals surface area contributed by atoms with Crippen molar-refractivity contribution in [2.75, 3.05) is 33.3 Å². The van der Waals surface area contributed by atoms with Crippen molar-refractivity contribution in [2.24, 2.45) is 0 Å². The first kappa shape index (κ1) is 22.6. The van der Waals surface area contributed by atoms with Crippen molar-refractivity contribution >= 4 is 5.91 Å². The molecule has 4 rings (SSSR count). The van der Waals surface area contributed by atoms with Gasteiger partial charge in [0.1, 0.15) is 17.6 Å². The molecule has 1 amide bonds. The number of pyridine rings is 1. The number of aryl methyl sites for hydroxylation is 1. The first-order chi connectivity index (χ1) is 15.5. The van der Waals surface area contributed by atoms with E-state index in [1.807, 2.05) is 29.3 Å². The fraction of sp³-hybridized carbons (Fsp3) is 0.538. The third-order valence-electron chi connectivity index (χ3n) is 6.68. The van der Waals surface area contributed by atoms with Gasteiger partial charge in [0.2, 0.25) is 0 Å². The van der Waals surface area contributed by atoms with Crippen molar-refractivity contribution in [3.05, 3.63) is 53.3 Å². The summed E-state index contributed by atoms with van der Waals surface area (Å²) >= 11 is 0. The van der Waals surface area contributed by atoms with Crippen LogP contribution in [0, 0.1) is 6.92 Å². The van der Waals surface area contributed by atoms with Crippen molar-refractivity contribution in [1.82, 2.24) is 14.8 Å². The molecule has 0 N–H and O–H groups in total. The maximum absolute atomic E-state index is 13.0. The van der Waals surface area contributed by atoms with Crippen molar-refractivity contribution in [3.8, 4) is 11.5 Å². The Morgan fingerprint density at radius 3 is 2.53 bits per heavy atom. The molecule has 2 saturated heterocycles. The van der Waals surface area contributed by atoms with Crippen LogP contribution in [-0.2, 0) is 6.42 Å². The average molecular weight is 438 g/mol. The van der Waals surface area contributed by atoms with E-state index in [0.717, 1.165) is 69.7 Å². The number of rotatable bonds is 7.